The van der Waals surface area contributed by atoms with Crippen molar-refractivity contribution in [3.63, 3.8) is 0 Å². The quantitative estimate of drug-likeness (QED) is 0.782. The van der Waals surface area contributed by atoms with Crippen LogP contribution in [0.15, 0.2) is 24.3 Å². The maximum atomic E-state index is 9.20. The van der Waals surface area contributed by atoms with E-state index in [0.717, 1.165) is 19.0 Å². The molecule has 0 bridgehead atoms. The number of hydrogen-bond acceptors (Lipinski definition) is 2. The molecule has 1 fully saturated rings. The van der Waals surface area contributed by atoms with Gasteiger partial charge in [0.05, 0.1) is 0 Å². The monoisotopic (exact) mass is 233 g/mol. The predicted molar refractivity (Wildman–Crippen MR) is 71.3 cm³/mol. The Morgan fingerprint density at radius 3 is 2.29 bits per heavy atom. The van der Waals surface area contributed by atoms with Gasteiger partial charge in [0.25, 0.3) is 0 Å². The van der Waals surface area contributed by atoms with Crippen molar-refractivity contribution < 1.29 is 5.11 Å². The molecule has 1 saturated carbocycles. The minimum absolute atomic E-state index is 0.352. The Balaban J connectivity index is 1.69. The zero-order valence-electron chi connectivity index (χ0n) is 10.5. The molecule has 17 heavy (non-hydrogen) atoms. The van der Waals surface area contributed by atoms with Crippen molar-refractivity contribution in [1.29, 1.82) is 0 Å². The number of hydrogen-bond donors (Lipinski definition) is 2. The summed E-state index contributed by atoms with van der Waals surface area (Å²) >= 11 is 0. The van der Waals surface area contributed by atoms with Crippen LogP contribution in [0.3, 0.4) is 0 Å². The fourth-order valence-corrected chi connectivity index (χ4v) is 2.57. The average molecular weight is 233 g/mol. The maximum absolute atomic E-state index is 9.20. The van der Waals surface area contributed by atoms with Gasteiger partial charge in [-0.25, -0.2) is 0 Å². The molecule has 2 nitrogen and oxygen atoms in total. The lowest BCUT2D eigenvalue weighted by molar-refractivity contribution is 0.462. The number of nitrogens with one attached hydrogen (secondary N) is 1. The van der Waals surface area contributed by atoms with Crippen LogP contribution in [0.5, 0.6) is 5.75 Å². The number of phenolic OH excluding ortho intramolecular Hbond substituents is 1. The molecule has 2 rings (SSSR count). The highest BCUT2D eigenvalue weighted by Crippen LogP contribution is 2.17. The van der Waals surface area contributed by atoms with Gasteiger partial charge in [-0.3, -0.25) is 0 Å². The van der Waals surface area contributed by atoms with Crippen LogP contribution in [-0.4, -0.2) is 17.7 Å². The maximum Gasteiger partial charge on any atom is 0.115 e. The molecular weight excluding hydrogens is 210 g/mol. The van der Waals surface area contributed by atoms with Crippen LogP contribution in [-0.2, 0) is 6.42 Å². The second-order valence-corrected chi connectivity index (χ2v) is 5.06. The lowest BCUT2D eigenvalue weighted by atomic mass is 10.1. The van der Waals surface area contributed by atoms with E-state index in [-0.39, 0.29) is 0 Å². The summed E-state index contributed by atoms with van der Waals surface area (Å²) in [7, 11) is 0. The van der Waals surface area contributed by atoms with E-state index in [4.69, 9.17) is 0 Å². The number of aromatic hydroxyl groups is 1. The first-order valence-corrected chi connectivity index (χ1v) is 6.86. The summed E-state index contributed by atoms with van der Waals surface area (Å²) < 4.78 is 0. The van der Waals surface area contributed by atoms with E-state index < -0.39 is 0 Å². The molecule has 0 atom stereocenters. The Labute approximate surface area is 104 Å². The summed E-state index contributed by atoms with van der Waals surface area (Å²) in [6.45, 7) is 1.05. The molecule has 0 heterocycles. The van der Waals surface area contributed by atoms with Crippen LogP contribution >= 0.6 is 0 Å². The van der Waals surface area contributed by atoms with Gasteiger partial charge in [0.1, 0.15) is 5.75 Å². The first kappa shape index (κ1) is 12.4. The summed E-state index contributed by atoms with van der Waals surface area (Å²) in [4.78, 5) is 0. The Hall–Kier alpha value is -1.02. The van der Waals surface area contributed by atoms with Crippen molar-refractivity contribution in [2.75, 3.05) is 6.54 Å². The van der Waals surface area contributed by atoms with Crippen LogP contribution in [0.1, 0.15) is 44.1 Å². The van der Waals surface area contributed by atoms with Crippen LogP contribution in [0.4, 0.5) is 0 Å². The van der Waals surface area contributed by atoms with Crippen LogP contribution in [0.2, 0.25) is 0 Å². The summed E-state index contributed by atoms with van der Waals surface area (Å²) in [6.07, 6.45) is 9.34. The normalized spacial score (nSPS) is 17.9. The van der Waals surface area contributed by atoms with Crippen molar-refractivity contribution in [2.45, 2.75) is 51.0 Å². The van der Waals surface area contributed by atoms with Crippen LogP contribution in [0.25, 0.3) is 0 Å². The second kappa shape index (κ2) is 6.65. The molecule has 1 aliphatic carbocycles. The second-order valence-electron chi connectivity index (χ2n) is 5.06. The third kappa shape index (κ3) is 4.39. The highest BCUT2D eigenvalue weighted by molar-refractivity contribution is 5.25. The minimum atomic E-state index is 0.352. The minimum Gasteiger partial charge on any atom is -0.508 e. The van der Waals surface area contributed by atoms with Gasteiger partial charge in [-0.15, -0.1) is 0 Å². The lowest BCUT2D eigenvalue weighted by Gasteiger charge is -2.16. The van der Waals surface area contributed by atoms with Gasteiger partial charge < -0.3 is 10.4 Å². The van der Waals surface area contributed by atoms with Crippen molar-refractivity contribution in [1.82, 2.24) is 5.32 Å². The van der Waals surface area contributed by atoms with Crippen molar-refractivity contribution in [2.24, 2.45) is 0 Å². The molecule has 0 aliphatic heterocycles. The summed E-state index contributed by atoms with van der Waals surface area (Å²) in [5, 5.41) is 12.9. The van der Waals surface area contributed by atoms with Crippen LogP contribution < -0.4 is 5.32 Å². The molecule has 1 aromatic rings. The summed E-state index contributed by atoms with van der Waals surface area (Å²) in [6, 6.07) is 8.27. The molecule has 0 unspecified atom stereocenters. The molecule has 0 amide bonds. The van der Waals surface area contributed by atoms with Gasteiger partial charge in [-0.1, -0.05) is 37.8 Å². The van der Waals surface area contributed by atoms with Gasteiger partial charge >= 0.3 is 0 Å². The first-order valence-electron chi connectivity index (χ1n) is 6.86. The number of benzene rings is 1. The van der Waals surface area contributed by atoms with Gasteiger partial charge in [-0.05, 0) is 43.5 Å². The van der Waals surface area contributed by atoms with Crippen molar-refractivity contribution >= 4 is 0 Å². The van der Waals surface area contributed by atoms with Gasteiger partial charge in [0.15, 0.2) is 0 Å². The smallest absolute Gasteiger partial charge is 0.115 e. The van der Waals surface area contributed by atoms with E-state index in [9.17, 15) is 5.11 Å². The fourth-order valence-electron chi connectivity index (χ4n) is 2.57. The molecule has 0 saturated heterocycles. The molecule has 0 aromatic heterocycles. The highest BCUT2D eigenvalue weighted by Gasteiger charge is 2.10. The summed E-state index contributed by atoms with van der Waals surface area (Å²) in [5.74, 6) is 0.352. The SMILES string of the molecule is Oc1ccc(CCNC2CCCCCC2)cc1. The predicted octanol–water partition coefficient (Wildman–Crippen LogP) is 3.25. The zero-order valence-corrected chi connectivity index (χ0v) is 10.5. The molecule has 2 heteroatoms. The Morgan fingerprint density at radius 1 is 1.00 bits per heavy atom. The molecule has 1 aromatic carbocycles. The van der Waals surface area contributed by atoms with E-state index in [1.54, 1.807) is 12.1 Å². The fraction of sp³-hybridized carbons (Fsp3) is 0.600. The standard InChI is InChI=1S/C15H23NO/c17-15-9-7-13(8-10-15)11-12-16-14-5-3-1-2-4-6-14/h7-10,14,16-17H,1-6,11-12H2. The number of phenols is 1. The molecular formula is C15H23NO. The molecule has 2 N–H and O–H groups in total. The van der Waals surface area contributed by atoms with Gasteiger partial charge in [0.2, 0.25) is 0 Å². The molecule has 1 aliphatic rings. The Bertz CT molecular complexity index is 312. The van der Waals surface area contributed by atoms with Crippen molar-refractivity contribution in [3.05, 3.63) is 29.8 Å². The topological polar surface area (TPSA) is 32.3 Å². The third-order valence-corrected chi connectivity index (χ3v) is 3.64. The molecule has 0 radical (unpaired) electrons. The van der Waals surface area contributed by atoms with Crippen LogP contribution in [0, 0.1) is 0 Å². The van der Waals surface area contributed by atoms with E-state index >= 15 is 0 Å². The lowest BCUT2D eigenvalue weighted by Crippen LogP contribution is -2.30. The number of rotatable bonds is 4. The Morgan fingerprint density at radius 2 is 1.65 bits per heavy atom. The van der Waals surface area contributed by atoms with Crippen molar-refractivity contribution in [3.8, 4) is 5.75 Å². The summed E-state index contributed by atoms with van der Waals surface area (Å²) in [5.41, 5.74) is 1.30. The zero-order chi connectivity index (χ0) is 11.9. The van der Waals surface area contributed by atoms with E-state index in [1.807, 2.05) is 12.1 Å². The molecule has 0 spiro atoms. The largest absolute Gasteiger partial charge is 0.508 e. The van der Waals surface area contributed by atoms with E-state index in [2.05, 4.69) is 5.32 Å². The first-order chi connectivity index (χ1) is 8.34. The molecule has 94 valence electrons. The Kier molecular flexibility index (Phi) is 4.87. The highest BCUT2D eigenvalue weighted by atomic mass is 16.3. The van der Waals surface area contributed by atoms with Gasteiger partial charge in [-0.2, -0.15) is 0 Å². The van der Waals surface area contributed by atoms with Gasteiger partial charge in [0, 0.05) is 6.04 Å². The third-order valence-electron chi connectivity index (χ3n) is 3.64. The average Bonchev–Trinajstić information content (AvgIpc) is 2.60. The van der Waals surface area contributed by atoms with E-state index in [0.29, 0.717) is 5.75 Å². The van der Waals surface area contributed by atoms with E-state index in [1.165, 1.54) is 44.1 Å².